The van der Waals surface area contributed by atoms with Crippen LogP contribution >= 0.6 is 0 Å². The molecule has 0 aliphatic carbocycles. The van der Waals surface area contributed by atoms with Crippen molar-refractivity contribution in [3.63, 3.8) is 0 Å². The molecule has 0 aliphatic heterocycles. The van der Waals surface area contributed by atoms with Crippen molar-refractivity contribution < 1.29 is 22.7 Å². The van der Waals surface area contributed by atoms with Crippen molar-refractivity contribution in [2.24, 2.45) is 0 Å². The molecule has 0 atom stereocenters. The average molecular weight is 421 g/mol. The highest BCUT2D eigenvalue weighted by Crippen LogP contribution is 2.29. The molecular formula is C21H28N2O5S. The van der Waals surface area contributed by atoms with Gasteiger partial charge in [-0.2, -0.15) is 0 Å². The number of sulfonamides is 1. The molecule has 0 unspecified atom stereocenters. The van der Waals surface area contributed by atoms with Crippen LogP contribution in [-0.2, 0) is 14.8 Å². The Kier molecular flexibility index (Phi) is 7.50. The van der Waals surface area contributed by atoms with Crippen LogP contribution in [0.2, 0.25) is 0 Å². The quantitative estimate of drug-likeness (QED) is 0.671. The smallest absolute Gasteiger partial charge is 0.232 e. The van der Waals surface area contributed by atoms with Crippen molar-refractivity contribution >= 4 is 27.3 Å². The van der Waals surface area contributed by atoms with E-state index < -0.39 is 10.0 Å². The van der Waals surface area contributed by atoms with Gasteiger partial charge in [0.2, 0.25) is 15.9 Å². The Morgan fingerprint density at radius 2 is 1.69 bits per heavy atom. The average Bonchev–Trinajstić information content (AvgIpc) is 2.66. The van der Waals surface area contributed by atoms with Crippen molar-refractivity contribution in [1.82, 2.24) is 0 Å². The van der Waals surface area contributed by atoms with Crippen LogP contribution in [0.1, 0.15) is 24.0 Å². The maximum Gasteiger partial charge on any atom is 0.232 e. The molecule has 0 aromatic heterocycles. The summed E-state index contributed by atoms with van der Waals surface area (Å²) in [5.74, 6) is 0.886. The maximum absolute atomic E-state index is 12.3. The number of hydrogen-bond acceptors (Lipinski definition) is 5. The van der Waals surface area contributed by atoms with Gasteiger partial charge in [0.1, 0.15) is 0 Å². The molecule has 0 fully saturated rings. The molecular weight excluding hydrogens is 392 g/mol. The largest absolute Gasteiger partial charge is 0.493 e. The van der Waals surface area contributed by atoms with Crippen LogP contribution in [0.4, 0.5) is 11.4 Å². The van der Waals surface area contributed by atoms with E-state index in [9.17, 15) is 13.2 Å². The fourth-order valence-corrected chi connectivity index (χ4v) is 3.85. The predicted octanol–water partition coefficient (Wildman–Crippen LogP) is 3.51. The second kappa shape index (κ2) is 9.65. The number of methoxy groups -OCH3 is 2. The molecule has 1 amide bonds. The lowest BCUT2D eigenvalue weighted by molar-refractivity contribution is -0.116. The number of nitrogens with zero attached hydrogens (tertiary/aromatic N) is 1. The minimum absolute atomic E-state index is 0.186. The van der Waals surface area contributed by atoms with Crippen molar-refractivity contribution in [3.8, 4) is 11.5 Å². The molecule has 29 heavy (non-hydrogen) atoms. The molecule has 0 heterocycles. The minimum Gasteiger partial charge on any atom is -0.493 e. The summed E-state index contributed by atoms with van der Waals surface area (Å²) in [4.78, 5) is 12.3. The van der Waals surface area contributed by atoms with E-state index in [1.807, 2.05) is 26.0 Å². The van der Waals surface area contributed by atoms with Gasteiger partial charge >= 0.3 is 0 Å². The van der Waals surface area contributed by atoms with Gasteiger partial charge in [0.15, 0.2) is 11.5 Å². The lowest BCUT2D eigenvalue weighted by Gasteiger charge is -2.23. The molecule has 7 nitrogen and oxygen atoms in total. The van der Waals surface area contributed by atoms with Gasteiger partial charge in [-0.15, -0.1) is 0 Å². The van der Waals surface area contributed by atoms with Crippen LogP contribution in [0.15, 0.2) is 36.4 Å². The number of hydrogen-bond donors (Lipinski definition) is 1. The van der Waals surface area contributed by atoms with Crippen LogP contribution in [0.3, 0.4) is 0 Å². The summed E-state index contributed by atoms with van der Waals surface area (Å²) in [7, 11) is -0.385. The van der Waals surface area contributed by atoms with E-state index in [-0.39, 0.29) is 18.9 Å². The van der Waals surface area contributed by atoms with Crippen molar-refractivity contribution in [2.45, 2.75) is 26.7 Å². The van der Waals surface area contributed by atoms with Gasteiger partial charge in [0, 0.05) is 24.7 Å². The zero-order chi connectivity index (χ0) is 21.6. The van der Waals surface area contributed by atoms with Crippen molar-refractivity contribution in [3.05, 3.63) is 47.5 Å². The Morgan fingerprint density at radius 3 is 2.28 bits per heavy atom. The summed E-state index contributed by atoms with van der Waals surface area (Å²) in [5, 5.41) is 2.79. The fourth-order valence-electron chi connectivity index (χ4n) is 2.89. The first-order valence-electron chi connectivity index (χ1n) is 9.22. The summed E-state index contributed by atoms with van der Waals surface area (Å²) in [6.45, 7) is 4.14. The van der Waals surface area contributed by atoms with E-state index in [1.54, 1.807) is 31.4 Å². The van der Waals surface area contributed by atoms with Crippen molar-refractivity contribution in [2.75, 3.05) is 36.6 Å². The first kappa shape index (κ1) is 22.5. The molecule has 0 saturated carbocycles. The predicted molar refractivity (Wildman–Crippen MR) is 116 cm³/mol. The van der Waals surface area contributed by atoms with Crippen LogP contribution in [0, 0.1) is 13.8 Å². The van der Waals surface area contributed by atoms with Crippen LogP contribution in [0.5, 0.6) is 11.5 Å². The molecule has 2 aromatic carbocycles. The van der Waals surface area contributed by atoms with E-state index in [1.165, 1.54) is 17.7 Å². The topological polar surface area (TPSA) is 84.9 Å². The van der Waals surface area contributed by atoms with E-state index in [4.69, 9.17) is 9.47 Å². The number of benzene rings is 2. The number of rotatable bonds is 9. The highest BCUT2D eigenvalue weighted by atomic mass is 32.2. The third-order valence-electron chi connectivity index (χ3n) is 4.61. The van der Waals surface area contributed by atoms with Gasteiger partial charge in [-0.1, -0.05) is 6.07 Å². The molecule has 0 bridgehead atoms. The second-order valence-corrected chi connectivity index (χ2v) is 8.73. The molecule has 0 radical (unpaired) electrons. The molecule has 8 heteroatoms. The maximum atomic E-state index is 12.3. The second-order valence-electron chi connectivity index (χ2n) is 6.83. The number of carbonyl (C=O) groups is 1. The normalized spacial score (nSPS) is 11.1. The molecule has 0 aliphatic rings. The van der Waals surface area contributed by atoms with Crippen LogP contribution in [-0.4, -0.2) is 41.3 Å². The lowest BCUT2D eigenvalue weighted by Crippen LogP contribution is -2.31. The molecule has 1 N–H and O–H groups in total. The minimum atomic E-state index is -3.45. The first-order chi connectivity index (χ1) is 13.7. The molecule has 2 aromatic rings. The summed E-state index contributed by atoms with van der Waals surface area (Å²) in [6, 6.07) is 10.6. The Balaban J connectivity index is 2.00. The number of ether oxygens (including phenoxy) is 2. The standard InChI is InChI=1S/C21H28N2O5S/c1-15-8-10-18(13-16(15)2)23(29(5,25)26)12-6-7-21(24)22-17-9-11-19(27-3)20(14-17)28-4/h8-11,13-14H,6-7,12H2,1-5H3,(H,22,24). The Hall–Kier alpha value is -2.74. The fraction of sp³-hybridized carbons (Fsp3) is 0.381. The van der Waals surface area contributed by atoms with Gasteiger partial charge in [0.25, 0.3) is 0 Å². The Morgan fingerprint density at radius 1 is 1.00 bits per heavy atom. The molecule has 0 saturated heterocycles. The third-order valence-corrected chi connectivity index (χ3v) is 5.81. The number of aryl methyl sites for hydroxylation is 2. The first-order valence-corrected chi connectivity index (χ1v) is 11.1. The van der Waals surface area contributed by atoms with E-state index in [0.717, 1.165) is 11.1 Å². The van der Waals surface area contributed by atoms with Crippen LogP contribution in [0.25, 0.3) is 0 Å². The summed E-state index contributed by atoms with van der Waals surface area (Å²) in [6.07, 6.45) is 1.75. The van der Waals surface area contributed by atoms with Gasteiger partial charge in [-0.25, -0.2) is 8.42 Å². The number of amides is 1. The van der Waals surface area contributed by atoms with E-state index in [0.29, 0.717) is 29.3 Å². The van der Waals surface area contributed by atoms with Gasteiger partial charge in [0.05, 0.1) is 26.2 Å². The summed E-state index contributed by atoms with van der Waals surface area (Å²) >= 11 is 0. The van der Waals surface area contributed by atoms with Crippen LogP contribution < -0.4 is 19.1 Å². The van der Waals surface area contributed by atoms with Gasteiger partial charge < -0.3 is 14.8 Å². The number of anilines is 2. The highest BCUT2D eigenvalue weighted by Gasteiger charge is 2.18. The lowest BCUT2D eigenvalue weighted by atomic mass is 10.1. The zero-order valence-electron chi connectivity index (χ0n) is 17.5. The monoisotopic (exact) mass is 420 g/mol. The van der Waals surface area contributed by atoms with Gasteiger partial charge in [-0.05, 0) is 55.7 Å². The molecule has 0 spiro atoms. The van der Waals surface area contributed by atoms with Gasteiger partial charge in [-0.3, -0.25) is 9.10 Å². The summed E-state index contributed by atoms with van der Waals surface area (Å²) in [5.41, 5.74) is 3.30. The van der Waals surface area contributed by atoms with E-state index in [2.05, 4.69) is 5.32 Å². The Labute approximate surface area is 172 Å². The highest BCUT2D eigenvalue weighted by molar-refractivity contribution is 7.92. The zero-order valence-corrected chi connectivity index (χ0v) is 18.3. The molecule has 158 valence electrons. The van der Waals surface area contributed by atoms with E-state index >= 15 is 0 Å². The SMILES string of the molecule is COc1ccc(NC(=O)CCCN(c2ccc(C)c(C)c2)S(C)(=O)=O)cc1OC. The Bertz CT molecular complexity index is 973. The third kappa shape index (κ3) is 6.12. The number of nitrogens with one attached hydrogen (secondary N) is 1. The number of carbonyl (C=O) groups excluding carboxylic acids is 1. The summed E-state index contributed by atoms with van der Waals surface area (Å²) < 4.78 is 36.2. The molecule has 2 rings (SSSR count). The van der Waals surface area contributed by atoms with Crippen molar-refractivity contribution in [1.29, 1.82) is 0 Å².